The van der Waals surface area contributed by atoms with Crippen LogP contribution in [0.4, 0.5) is 0 Å². The van der Waals surface area contributed by atoms with Gasteiger partial charge in [0.05, 0.1) is 25.3 Å². The summed E-state index contributed by atoms with van der Waals surface area (Å²) in [5, 5.41) is 13.1. The van der Waals surface area contributed by atoms with Gasteiger partial charge in [0.25, 0.3) is 11.7 Å². The van der Waals surface area contributed by atoms with E-state index in [1.54, 1.807) is 43.5 Å². The predicted molar refractivity (Wildman–Crippen MR) is 132 cm³/mol. The van der Waals surface area contributed by atoms with Crippen molar-refractivity contribution in [2.45, 2.75) is 25.5 Å². The normalized spacial score (nSPS) is 20.6. The number of ether oxygens (including phenoxy) is 3. The van der Waals surface area contributed by atoms with E-state index in [0.29, 0.717) is 17.1 Å². The van der Waals surface area contributed by atoms with E-state index in [4.69, 9.17) is 14.2 Å². The van der Waals surface area contributed by atoms with Gasteiger partial charge in [-0.05, 0) is 66.4 Å². The number of aliphatic hydroxyl groups is 1. The molecular formula is C27H25NO6S. The number of methoxy groups -OCH3 is 1. The maximum Gasteiger partial charge on any atom is 0.295 e. The fraction of sp³-hybridized carbons (Fsp3) is 0.259. The topological polar surface area (TPSA) is 85.3 Å². The van der Waals surface area contributed by atoms with Crippen molar-refractivity contribution in [1.82, 2.24) is 4.90 Å². The lowest BCUT2D eigenvalue weighted by molar-refractivity contribution is -0.140. The molecule has 2 atom stereocenters. The number of hydrogen-bond donors (Lipinski definition) is 1. The van der Waals surface area contributed by atoms with Gasteiger partial charge in [0.2, 0.25) is 0 Å². The quantitative estimate of drug-likeness (QED) is 0.296. The molecule has 180 valence electrons. The first-order chi connectivity index (χ1) is 17.0. The molecule has 3 aromatic rings. The first-order valence-electron chi connectivity index (χ1n) is 11.3. The van der Waals surface area contributed by atoms with Crippen LogP contribution in [0.3, 0.4) is 0 Å². The molecule has 0 aliphatic carbocycles. The van der Waals surface area contributed by atoms with Crippen molar-refractivity contribution < 1.29 is 28.9 Å². The van der Waals surface area contributed by atoms with Crippen LogP contribution in [0.2, 0.25) is 0 Å². The van der Waals surface area contributed by atoms with Crippen molar-refractivity contribution in [3.05, 3.63) is 81.6 Å². The molecule has 2 aliphatic rings. The molecule has 2 unspecified atom stereocenters. The molecule has 1 aromatic heterocycles. The predicted octanol–water partition coefficient (Wildman–Crippen LogP) is 4.58. The van der Waals surface area contributed by atoms with E-state index in [-0.39, 0.29) is 30.6 Å². The van der Waals surface area contributed by atoms with Gasteiger partial charge in [-0.25, -0.2) is 0 Å². The van der Waals surface area contributed by atoms with E-state index < -0.39 is 17.7 Å². The number of rotatable bonds is 7. The highest BCUT2D eigenvalue weighted by atomic mass is 32.1. The lowest BCUT2D eigenvalue weighted by atomic mass is 9.98. The second kappa shape index (κ2) is 9.46. The van der Waals surface area contributed by atoms with Gasteiger partial charge in [-0.2, -0.15) is 0 Å². The summed E-state index contributed by atoms with van der Waals surface area (Å²) < 4.78 is 16.7. The van der Waals surface area contributed by atoms with Crippen LogP contribution in [0.5, 0.6) is 17.2 Å². The maximum absolute atomic E-state index is 13.1. The highest BCUT2D eigenvalue weighted by Crippen LogP contribution is 2.41. The Morgan fingerprint density at radius 2 is 1.91 bits per heavy atom. The maximum atomic E-state index is 13.1. The molecule has 1 N–H and O–H groups in total. The Kier molecular flexibility index (Phi) is 6.21. The second-order valence-electron chi connectivity index (χ2n) is 8.49. The lowest BCUT2D eigenvalue weighted by Gasteiger charge is -2.24. The largest absolute Gasteiger partial charge is 0.507 e. The molecule has 1 amide bonds. The number of fused-ring (bicyclic) bond motifs is 1. The van der Waals surface area contributed by atoms with Crippen molar-refractivity contribution >= 4 is 28.8 Å². The number of Topliss-reactive ketones (excluding diaryl/α,β-unsaturated/α-hetero) is 1. The van der Waals surface area contributed by atoms with E-state index in [2.05, 4.69) is 0 Å². The summed E-state index contributed by atoms with van der Waals surface area (Å²) in [7, 11) is 1.59. The third-order valence-electron chi connectivity index (χ3n) is 6.18. The average molecular weight is 492 g/mol. The molecule has 1 fully saturated rings. The van der Waals surface area contributed by atoms with Gasteiger partial charge in [0.15, 0.2) is 0 Å². The fourth-order valence-electron chi connectivity index (χ4n) is 4.51. The number of aliphatic hydroxyl groups excluding tert-OH is 1. The van der Waals surface area contributed by atoms with E-state index in [1.807, 2.05) is 30.5 Å². The molecule has 0 radical (unpaired) electrons. The van der Waals surface area contributed by atoms with Crippen LogP contribution in [-0.2, 0) is 16.0 Å². The van der Waals surface area contributed by atoms with Crippen LogP contribution in [0, 0.1) is 0 Å². The number of ketones is 1. The van der Waals surface area contributed by atoms with Crippen LogP contribution in [0.1, 0.15) is 29.0 Å². The fourth-order valence-corrected chi connectivity index (χ4v) is 5.36. The third kappa shape index (κ3) is 4.37. The second-order valence-corrected chi connectivity index (χ2v) is 9.47. The van der Waals surface area contributed by atoms with Crippen molar-refractivity contribution in [1.29, 1.82) is 0 Å². The van der Waals surface area contributed by atoms with E-state index in [1.165, 1.54) is 16.2 Å². The molecular weight excluding hydrogens is 466 g/mol. The summed E-state index contributed by atoms with van der Waals surface area (Å²) in [6.45, 7) is 2.36. The summed E-state index contributed by atoms with van der Waals surface area (Å²) in [5.41, 5.74) is 1.56. The van der Waals surface area contributed by atoms with Gasteiger partial charge >= 0.3 is 0 Å². The molecule has 0 saturated carbocycles. The molecule has 2 aromatic carbocycles. The molecule has 8 heteroatoms. The first-order valence-corrected chi connectivity index (χ1v) is 12.2. The van der Waals surface area contributed by atoms with Crippen molar-refractivity contribution in [2.75, 3.05) is 20.3 Å². The Hall–Kier alpha value is -3.78. The number of thiophene rings is 1. The van der Waals surface area contributed by atoms with Gasteiger partial charge in [-0.1, -0.05) is 6.07 Å². The minimum atomic E-state index is -0.699. The number of amides is 1. The average Bonchev–Trinajstić information content (AvgIpc) is 3.58. The van der Waals surface area contributed by atoms with Crippen LogP contribution in [0.25, 0.3) is 5.76 Å². The third-order valence-corrected chi connectivity index (χ3v) is 7.11. The van der Waals surface area contributed by atoms with Crippen molar-refractivity contribution in [2.24, 2.45) is 0 Å². The number of carbonyl (C=O) groups is 2. The summed E-state index contributed by atoms with van der Waals surface area (Å²) in [6, 6.07) is 15.5. The molecule has 3 heterocycles. The molecule has 7 nitrogen and oxygen atoms in total. The standard InChI is InChI=1S/C27H25NO6S/c1-16-14-18-15-17(5-10-21(18)34-16)25(29)23-24(22-4-3-13-35-22)28(27(31)26(23)30)11-12-33-20-8-6-19(32-2)7-9-20/h3-10,13,15-16,24,29H,11-12,14H2,1-2H3/b25-23-. The first kappa shape index (κ1) is 23.0. The van der Waals surface area contributed by atoms with Gasteiger partial charge in [-0.15, -0.1) is 11.3 Å². The molecule has 35 heavy (non-hydrogen) atoms. The monoisotopic (exact) mass is 491 g/mol. The zero-order valence-corrected chi connectivity index (χ0v) is 20.2. The highest BCUT2D eigenvalue weighted by Gasteiger charge is 2.46. The smallest absolute Gasteiger partial charge is 0.295 e. The van der Waals surface area contributed by atoms with Crippen LogP contribution >= 0.6 is 11.3 Å². The Morgan fingerprint density at radius 1 is 1.14 bits per heavy atom. The van der Waals surface area contributed by atoms with E-state index in [9.17, 15) is 14.7 Å². The SMILES string of the molecule is COc1ccc(OCCN2C(=O)C(=O)/C(=C(\O)c3ccc4c(c3)CC(C)O4)C2c2cccs2)cc1. The summed E-state index contributed by atoms with van der Waals surface area (Å²) in [5.74, 6) is 0.595. The van der Waals surface area contributed by atoms with Gasteiger partial charge in [-0.3, -0.25) is 9.59 Å². The Labute approximate surface area is 207 Å². The summed E-state index contributed by atoms with van der Waals surface area (Å²) in [4.78, 5) is 28.5. The Balaban J connectivity index is 1.43. The van der Waals surface area contributed by atoms with Crippen molar-refractivity contribution in [3.8, 4) is 17.2 Å². The number of hydrogen-bond acceptors (Lipinski definition) is 7. The number of benzene rings is 2. The Morgan fingerprint density at radius 3 is 2.63 bits per heavy atom. The number of nitrogens with zero attached hydrogens (tertiary/aromatic N) is 1. The summed E-state index contributed by atoms with van der Waals surface area (Å²) >= 11 is 1.43. The van der Waals surface area contributed by atoms with E-state index >= 15 is 0 Å². The van der Waals surface area contributed by atoms with Crippen LogP contribution in [0.15, 0.2) is 65.6 Å². The molecule has 1 saturated heterocycles. The van der Waals surface area contributed by atoms with Crippen molar-refractivity contribution in [3.63, 3.8) is 0 Å². The molecule has 0 spiro atoms. The zero-order valence-electron chi connectivity index (χ0n) is 19.4. The molecule has 2 aliphatic heterocycles. The highest BCUT2D eigenvalue weighted by molar-refractivity contribution is 7.10. The molecule has 5 rings (SSSR count). The molecule has 0 bridgehead atoms. The van der Waals surface area contributed by atoms with Crippen LogP contribution < -0.4 is 14.2 Å². The minimum absolute atomic E-state index is 0.0600. The summed E-state index contributed by atoms with van der Waals surface area (Å²) in [6.07, 6.45) is 0.784. The number of likely N-dealkylation sites (tertiary alicyclic amines) is 1. The minimum Gasteiger partial charge on any atom is -0.507 e. The van der Waals surface area contributed by atoms with Gasteiger partial charge < -0.3 is 24.2 Å². The number of carbonyl (C=O) groups excluding carboxylic acids is 2. The Bertz CT molecular complexity index is 1280. The van der Waals surface area contributed by atoms with E-state index in [0.717, 1.165) is 22.6 Å². The van der Waals surface area contributed by atoms with Gasteiger partial charge in [0.1, 0.15) is 35.7 Å². The van der Waals surface area contributed by atoms with Crippen LogP contribution in [-0.4, -0.2) is 48.1 Å². The zero-order chi connectivity index (χ0) is 24.5. The lowest BCUT2D eigenvalue weighted by Crippen LogP contribution is -2.33. The van der Waals surface area contributed by atoms with Gasteiger partial charge in [0, 0.05) is 16.9 Å².